The van der Waals surface area contributed by atoms with Crippen molar-refractivity contribution in [2.45, 2.75) is 70.6 Å². The monoisotopic (exact) mass is 490 g/mol. The Kier molecular flexibility index (Phi) is 9.06. The molecule has 4 aromatic rings. The highest BCUT2D eigenvalue weighted by Crippen LogP contribution is 2.41. The first kappa shape index (κ1) is 26.5. The van der Waals surface area contributed by atoms with Crippen LogP contribution in [0.5, 0.6) is 0 Å². The molecule has 4 N–H and O–H groups in total. The molecule has 0 aliphatic carbocycles. The molecule has 0 saturated heterocycles. The fourth-order valence-corrected chi connectivity index (χ4v) is 5.52. The van der Waals surface area contributed by atoms with Crippen LogP contribution in [-0.2, 0) is 18.3 Å². The first-order chi connectivity index (χ1) is 18.0. The highest BCUT2D eigenvalue weighted by atomic mass is 14.5. The third-order valence-electron chi connectivity index (χ3n) is 7.85. The van der Waals surface area contributed by atoms with E-state index in [2.05, 4.69) is 86.6 Å². The third kappa shape index (κ3) is 6.83. The SMILES string of the molecule is CCCCCCC(CC)(c1ccc(Cc2ccc(N)cc2)cc1)c1ccc(Cc2ccc(N)cc2)cc1. The second-order valence-corrected chi connectivity index (χ2v) is 10.5. The smallest absolute Gasteiger partial charge is 0.0314 e. The number of unbranched alkanes of at least 4 members (excludes halogenated alkanes) is 3. The topological polar surface area (TPSA) is 52.0 Å². The van der Waals surface area contributed by atoms with Crippen LogP contribution >= 0.6 is 0 Å². The van der Waals surface area contributed by atoms with Crippen molar-refractivity contribution in [1.29, 1.82) is 0 Å². The van der Waals surface area contributed by atoms with E-state index in [1.54, 1.807) is 0 Å². The van der Waals surface area contributed by atoms with Gasteiger partial charge in [-0.3, -0.25) is 0 Å². The first-order valence-corrected chi connectivity index (χ1v) is 13.9. The van der Waals surface area contributed by atoms with E-state index in [4.69, 9.17) is 11.5 Å². The Morgan fingerprint density at radius 1 is 0.486 bits per heavy atom. The predicted octanol–water partition coefficient (Wildman–Crippen LogP) is 8.70. The molecule has 0 bridgehead atoms. The lowest BCUT2D eigenvalue weighted by molar-refractivity contribution is 0.428. The van der Waals surface area contributed by atoms with Crippen molar-refractivity contribution in [2.24, 2.45) is 0 Å². The molecule has 0 aliphatic rings. The molecule has 0 fully saturated rings. The quantitative estimate of drug-likeness (QED) is 0.154. The normalized spacial score (nSPS) is 11.5. The zero-order valence-corrected chi connectivity index (χ0v) is 22.5. The summed E-state index contributed by atoms with van der Waals surface area (Å²) in [4.78, 5) is 0. The Hall–Kier alpha value is -3.52. The number of benzene rings is 4. The average molecular weight is 491 g/mol. The Morgan fingerprint density at radius 3 is 1.22 bits per heavy atom. The lowest BCUT2D eigenvalue weighted by atomic mass is 9.69. The van der Waals surface area contributed by atoms with Crippen molar-refractivity contribution >= 4 is 11.4 Å². The van der Waals surface area contributed by atoms with Crippen molar-refractivity contribution in [3.63, 3.8) is 0 Å². The Balaban J connectivity index is 1.58. The number of nitrogens with two attached hydrogens (primary N) is 2. The summed E-state index contributed by atoms with van der Waals surface area (Å²) < 4.78 is 0. The Morgan fingerprint density at radius 2 is 0.865 bits per heavy atom. The van der Waals surface area contributed by atoms with Gasteiger partial charge in [0.15, 0.2) is 0 Å². The largest absolute Gasteiger partial charge is 0.399 e. The fraction of sp³-hybridized carbons (Fsp3) is 0.314. The van der Waals surface area contributed by atoms with E-state index in [9.17, 15) is 0 Å². The number of hydrogen-bond donors (Lipinski definition) is 2. The zero-order valence-electron chi connectivity index (χ0n) is 22.5. The molecular formula is C35H42N2. The van der Waals surface area contributed by atoms with Gasteiger partial charge in [0.2, 0.25) is 0 Å². The maximum atomic E-state index is 5.87. The van der Waals surface area contributed by atoms with Crippen LogP contribution in [-0.4, -0.2) is 0 Å². The molecule has 0 atom stereocenters. The van der Waals surface area contributed by atoms with E-state index in [1.165, 1.54) is 65.5 Å². The molecule has 0 spiro atoms. The molecule has 2 nitrogen and oxygen atoms in total. The number of anilines is 2. The summed E-state index contributed by atoms with van der Waals surface area (Å²) in [7, 11) is 0. The second-order valence-electron chi connectivity index (χ2n) is 10.5. The van der Waals surface area contributed by atoms with Gasteiger partial charge in [-0.2, -0.15) is 0 Å². The van der Waals surface area contributed by atoms with Gasteiger partial charge in [0.05, 0.1) is 0 Å². The summed E-state index contributed by atoms with van der Waals surface area (Å²) in [6.07, 6.45) is 9.24. The summed E-state index contributed by atoms with van der Waals surface area (Å²) >= 11 is 0. The van der Waals surface area contributed by atoms with Crippen molar-refractivity contribution in [2.75, 3.05) is 11.5 Å². The van der Waals surface area contributed by atoms with E-state index >= 15 is 0 Å². The number of nitrogen functional groups attached to an aromatic ring is 2. The maximum absolute atomic E-state index is 5.87. The summed E-state index contributed by atoms with van der Waals surface area (Å²) in [6.45, 7) is 4.64. The molecule has 0 saturated carbocycles. The number of hydrogen-bond acceptors (Lipinski definition) is 2. The lowest BCUT2D eigenvalue weighted by Gasteiger charge is -2.35. The van der Waals surface area contributed by atoms with Crippen molar-refractivity contribution in [3.05, 3.63) is 130 Å². The van der Waals surface area contributed by atoms with Gasteiger partial charge in [0.25, 0.3) is 0 Å². The van der Waals surface area contributed by atoms with Gasteiger partial charge in [0.1, 0.15) is 0 Å². The van der Waals surface area contributed by atoms with Gasteiger partial charge in [-0.1, -0.05) is 112 Å². The second kappa shape index (κ2) is 12.6. The molecule has 0 aromatic heterocycles. The predicted molar refractivity (Wildman–Crippen MR) is 160 cm³/mol. The van der Waals surface area contributed by atoms with Gasteiger partial charge in [-0.05, 0) is 83.3 Å². The van der Waals surface area contributed by atoms with Crippen LogP contribution in [0.4, 0.5) is 11.4 Å². The summed E-state index contributed by atoms with van der Waals surface area (Å²) in [5.74, 6) is 0. The molecular weight excluding hydrogens is 448 g/mol. The molecule has 0 amide bonds. The van der Waals surface area contributed by atoms with Crippen LogP contribution in [0, 0.1) is 0 Å². The fourth-order valence-electron chi connectivity index (χ4n) is 5.52. The minimum atomic E-state index is 0.0349. The van der Waals surface area contributed by atoms with Crippen molar-refractivity contribution < 1.29 is 0 Å². The van der Waals surface area contributed by atoms with E-state index in [0.717, 1.165) is 30.6 Å². The molecule has 0 radical (unpaired) electrons. The summed E-state index contributed by atoms with van der Waals surface area (Å²) in [6, 6.07) is 35.2. The molecule has 2 heteroatoms. The highest BCUT2D eigenvalue weighted by Gasteiger charge is 2.32. The van der Waals surface area contributed by atoms with Gasteiger partial charge in [0, 0.05) is 16.8 Å². The van der Waals surface area contributed by atoms with Crippen LogP contribution in [0.2, 0.25) is 0 Å². The third-order valence-corrected chi connectivity index (χ3v) is 7.85. The van der Waals surface area contributed by atoms with Crippen LogP contribution in [0.3, 0.4) is 0 Å². The molecule has 0 aliphatic heterocycles. The van der Waals surface area contributed by atoms with Crippen LogP contribution in [0.1, 0.15) is 85.8 Å². The highest BCUT2D eigenvalue weighted by molar-refractivity contribution is 5.45. The van der Waals surface area contributed by atoms with E-state index in [0.29, 0.717) is 0 Å². The minimum Gasteiger partial charge on any atom is -0.399 e. The van der Waals surface area contributed by atoms with Crippen molar-refractivity contribution in [1.82, 2.24) is 0 Å². The average Bonchev–Trinajstić information content (AvgIpc) is 2.93. The molecule has 37 heavy (non-hydrogen) atoms. The van der Waals surface area contributed by atoms with Gasteiger partial charge < -0.3 is 11.5 Å². The Labute approximate surface area is 223 Å². The first-order valence-electron chi connectivity index (χ1n) is 13.9. The lowest BCUT2D eigenvalue weighted by Crippen LogP contribution is -2.27. The molecule has 192 valence electrons. The standard InChI is InChI=1S/C35H42N2/c1-3-5-6-7-24-35(4-2,31-16-8-27(9-17-31)25-29-12-20-33(36)21-13-29)32-18-10-28(11-19-32)26-30-14-22-34(37)23-15-30/h8-23H,3-7,24-26,36-37H2,1-2H3. The summed E-state index contributed by atoms with van der Waals surface area (Å²) in [5, 5.41) is 0. The zero-order chi connectivity index (χ0) is 26.1. The molecule has 4 aromatic carbocycles. The van der Waals surface area contributed by atoms with E-state index < -0.39 is 0 Å². The van der Waals surface area contributed by atoms with Crippen LogP contribution in [0.25, 0.3) is 0 Å². The van der Waals surface area contributed by atoms with Gasteiger partial charge in [-0.15, -0.1) is 0 Å². The van der Waals surface area contributed by atoms with E-state index in [-0.39, 0.29) is 5.41 Å². The van der Waals surface area contributed by atoms with E-state index in [1.807, 2.05) is 24.3 Å². The van der Waals surface area contributed by atoms with Crippen LogP contribution < -0.4 is 11.5 Å². The molecule has 0 heterocycles. The molecule has 4 rings (SSSR count). The number of rotatable bonds is 12. The summed E-state index contributed by atoms with van der Waals surface area (Å²) in [5.41, 5.74) is 21.5. The van der Waals surface area contributed by atoms with Crippen LogP contribution in [0.15, 0.2) is 97.1 Å². The minimum absolute atomic E-state index is 0.0349. The van der Waals surface area contributed by atoms with Crippen molar-refractivity contribution in [3.8, 4) is 0 Å². The van der Waals surface area contributed by atoms with Gasteiger partial charge in [-0.25, -0.2) is 0 Å². The molecule has 0 unspecified atom stereocenters. The Bertz CT molecular complexity index is 1130. The maximum Gasteiger partial charge on any atom is 0.0314 e. The van der Waals surface area contributed by atoms with Gasteiger partial charge >= 0.3 is 0 Å².